The molecule has 0 aliphatic carbocycles. The normalized spacial score (nSPS) is 12.3. The monoisotopic (exact) mass is 274 g/mol. The summed E-state index contributed by atoms with van der Waals surface area (Å²) in [5, 5.41) is 11.9. The maximum Gasteiger partial charge on any atom is 0.0974 e. The van der Waals surface area contributed by atoms with E-state index in [1.54, 1.807) is 7.11 Å². The van der Waals surface area contributed by atoms with Crippen LogP contribution in [0.3, 0.4) is 0 Å². The van der Waals surface area contributed by atoms with Crippen LogP contribution in [0.15, 0.2) is 0 Å². The molecule has 0 aromatic carbocycles. The highest BCUT2D eigenvalue weighted by Crippen LogP contribution is 1.91. The van der Waals surface area contributed by atoms with Crippen LogP contribution in [0.1, 0.15) is 13.3 Å². The van der Waals surface area contributed by atoms with Crippen molar-refractivity contribution in [1.29, 1.82) is 5.26 Å². The molecular weight excluding hydrogens is 248 g/mol. The van der Waals surface area contributed by atoms with Crippen molar-refractivity contribution in [3.63, 3.8) is 0 Å². The standard InChI is InChI=1S/C13H26N2O4/c1-3-15-13(12-14)4-5-17-8-9-19-11-10-18-7-6-16-2/h13,15H,3-11H2,1-2H3. The van der Waals surface area contributed by atoms with Crippen LogP contribution in [0, 0.1) is 11.3 Å². The van der Waals surface area contributed by atoms with Crippen LogP contribution in [0.2, 0.25) is 0 Å². The number of ether oxygens (including phenoxy) is 4. The van der Waals surface area contributed by atoms with Gasteiger partial charge in [0.2, 0.25) is 0 Å². The van der Waals surface area contributed by atoms with Gasteiger partial charge in [-0.3, -0.25) is 0 Å². The van der Waals surface area contributed by atoms with Crippen molar-refractivity contribution in [2.75, 3.05) is 59.9 Å². The first kappa shape index (κ1) is 18.3. The fourth-order valence-corrected chi connectivity index (χ4v) is 1.34. The van der Waals surface area contributed by atoms with Gasteiger partial charge in [-0.25, -0.2) is 0 Å². The predicted octanol–water partition coefficient (Wildman–Crippen LogP) is 0.574. The van der Waals surface area contributed by atoms with Gasteiger partial charge in [-0.15, -0.1) is 0 Å². The number of nitriles is 1. The highest BCUT2D eigenvalue weighted by molar-refractivity contribution is 4.88. The third-order valence-electron chi connectivity index (χ3n) is 2.33. The van der Waals surface area contributed by atoms with Crippen LogP contribution in [0.4, 0.5) is 0 Å². The molecule has 0 heterocycles. The zero-order valence-corrected chi connectivity index (χ0v) is 12.0. The molecule has 0 amide bonds. The smallest absolute Gasteiger partial charge is 0.0974 e. The second-order valence-corrected chi connectivity index (χ2v) is 3.86. The minimum atomic E-state index is -0.125. The van der Waals surface area contributed by atoms with Gasteiger partial charge in [0.25, 0.3) is 0 Å². The fourth-order valence-electron chi connectivity index (χ4n) is 1.34. The van der Waals surface area contributed by atoms with Crippen LogP contribution in [0.5, 0.6) is 0 Å². The number of hydrogen-bond donors (Lipinski definition) is 1. The van der Waals surface area contributed by atoms with E-state index in [4.69, 9.17) is 24.2 Å². The lowest BCUT2D eigenvalue weighted by Crippen LogP contribution is -2.28. The molecular formula is C13H26N2O4. The topological polar surface area (TPSA) is 72.7 Å². The van der Waals surface area contributed by atoms with Crippen molar-refractivity contribution in [2.45, 2.75) is 19.4 Å². The Kier molecular flexibility index (Phi) is 14.8. The van der Waals surface area contributed by atoms with Gasteiger partial charge in [-0.1, -0.05) is 6.92 Å². The molecule has 0 aliphatic heterocycles. The van der Waals surface area contributed by atoms with Crippen molar-refractivity contribution in [3.05, 3.63) is 0 Å². The molecule has 0 spiro atoms. The van der Waals surface area contributed by atoms with E-state index in [-0.39, 0.29) is 6.04 Å². The minimum Gasteiger partial charge on any atom is -0.382 e. The van der Waals surface area contributed by atoms with E-state index < -0.39 is 0 Å². The van der Waals surface area contributed by atoms with Gasteiger partial charge in [-0.2, -0.15) is 5.26 Å². The van der Waals surface area contributed by atoms with Gasteiger partial charge in [0, 0.05) is 13.7 Å². The van der Waals surface area contributed by atoms with E-state index in [9.17, 15) is 0 Å². The molecule has 0 aromatic rings. The van der Waals surface area contributed by atoms with Crippen molar-refractivity contribution in [3.8, 4) is 6.07 Å². The van der Waals surface area contributed by atoms with E-state index in [1.165, 1.54) is 0 Å². The molecule has 6 heteroatoms. The van der Waals surface area contributed by atoms with E-state index in [1.807, 2.05) is 6.92 Å². The fraction of sp³-hybridized carbons (Fsp3) is 0.923. The minimum absolute atomic E-state index is 0.125. The summed E-state index contributed by atoms with van der Waals surface area (Å²) < 4.78 is 20.8. The number of rotatable bonds is 14. The molecule has 19 heavy (non-hydrogen) atoms. The predicted molar refractivity (Wildman–Crippen MR) is 72.0 cm³/mol. The SMILES string of the molecule is CCNC(C#N)CCOCCOCCOCCOC. The van der Waals surface area contributed by atoms with Crippen LogP contribution in [-0.2, 0) is 18.9 Å². The van der Waals surface area contributed by atoms with Crippen molar-refractivity contribution < 1.29 is 18.9 Å². The van der Waals surface area contributed by atoms with E-state index in [2.05, 4.69) is 11.4 Å². The quantitative estimate of drug-likeness (QED) is 0.467. The lowest BCUT2D eigenvalue weighted by Gasteiger charge is -2.10. The van der Waals surface area contributed by atoms with Crippen molar-refractivity contribution in [1.82, 2.24) is 5.32 Å². The Morgan fingerprint density at radius 3 is 1.95 bits per heavy atom. The zero-order chi connectivity index (χ0) is 14.2. The average molecular weight is 274 g/mol. The molecule has 0 fully saturated rings. The molecule has 112 valence electrons. The molecule has 6 nitrogen and oxygen atoms in total. The average Bonchev–Trinajstić information content (AvgIpc) is 2.43. The molecule has 1 unspecified atom stereocenters. The molecule has 1 atom stereocenters. The van der Waals surface area contributed by atoms with Crippen molar-refractivity contribution >= 4 is 0 Å². The summed E-state index contributed by atoms with van der Waals surface area (Å²) in [4.78, 5) is 0. The molecule has 0 rings (SSSR count). The largest absolute Gasteiger partial charge is 0.382 e. The summed E-state index contributed by atoms with van der Waals surface area (Å²) in [6, 6.07) is 2.06. The molecule has 0 saturated carbocycles. The molecule has 0 saturated heterocycles. The summed E-state index contributed by atoms with van der Waals surface area (Å²) in [5.41, 5.74) is 0. The Balaban J connectivity index is 3.12. The Labute approximate surface area is 116 Å². The number of nitrogens with zero attached hydrogens (tertiary/aromatic N) is 1. The summed E-state index contributed by atoms with van der Waals surface area (Å²) in [5.74, 6) is 0. The molecule has 0 radical (unpaired) electrons. The first-order chi connectivity index (χ1) is 9.35. The summed E-state index contributed by atoms with van der Waals surface area (Å²) in [6.45, 7) is 6.77. The Hall–Kier alpha value is -0.710. The highest BCUT2D eigenvalue weighted by atomic mass is 16.6. The van der Waals surface area contributed by atoms with Crippen LogP contribution in [0.25, 0.3) is 0 Å². The lowest BCUT2D eigenvalue weighted by atomic mass is 10.2. The van der Waals surface area contributed by atoms with Gasteiger partial charge in [-0.05, 0) is 13.0 Å². The molecule has 0 aliphatic rings. The van der Waals surface area contributed by atoms with Gasteiger partial charge in [0.1, 0.15) is 0 Å². The van der Waals surface area contributed by atoms with Gasteiger partial charge < -0.3 is 24.3 Å². The van der Waals surface area contributed by atoms with E-state index >= 15 is 0 Å². The van der Waals surface area contributed by atoms with Crippen LogP contribution in [-0.4, -0.2) is 65.9 Å². The summed E-state index contributed by atoms with van der Waals surface area (Å²) >= 11 is 0. The number of methoxy groups -OCH3 is 1. The Morgan fingerprint density at radius 2 is 1.47 bits per heavy atom. The van der Waals surface area contributed by atoms with Gasteiger partial charge in [0.05, 0.1) is 51.8 Å². The van der Waals surface area contributed by atoms with E-state index in [0.29, 0.717) is 52.7 Å². The second kappa shape index (κ2) is 15.3. The number of hydrogen-bond acceptors (Lipinski definition) is 6. The summed E-state index contributed by atoms with van der Waals surface area (Å²) in [7, 11) is 1.64. The number of nitrogens with one attached hydrogen (secondary N) is 1. The molecule has 1 N–H and O–H groups in total. The first-order valence-corrected chi connectivity index (χ1v) is 6.70. The van der Waals surface area contributed by atoms with Crippen LogP contribution < -0.4 is 5.32 Å². The van der Waals surface area contributed by atoms with E-state index in [0.717, 1.165) is 6.54 Å². The van der Waals surface area contributed by atoms with Crippen LogP contribution >= 0.6 is 0 Å². The summed E-state index contributed by atoms with van der Waals surface area (Å²) in [6.07, 6.45) is 0.699. The third-order valence-corrected chi connectivity index (χ3v) is 2.33. The maximum absolute atomic E-state index is 8.80. The Morgan fingerprint density at radius 1 is 0.947 bits per heavy atom. The molecule has 0 aromatic heterocycles. The lowest BCUT2D eigenvalue weighted by molar-refractivity contribution is 0.00305. The second-order valence-electron chi connectivity index (χ2n) is 3.86. The first-order valence-electron chi connectivity index (χ1n) is 6.70. The van der Waals surface area contributed by atoms with Gasteiger partial charge in [0.15, 0.2) is 0 Å². The van der Waals surface area contributed by atoms with Gasteiger partial charge >= 0.3 is 0 Å². The third kappa shape index (κ3) is 13.5. The maximum atomic E-state index is 8.80. The zero-order valence-electron chi connectivity index (χ0n) is 12.0. The Bertz CT molecular complexity index is 221. The highest BCUT2D eigenvalue weighted by Gasteiger charge is 2.03. The van der Waals surface area contributed by atoms with Crippen molar-refractivity contribution in [2.24, 2.45) is 0 Å². The molecule has 0 bridgehead atoms.